The standard InChI is InChI=1S/C6H14NP/c1-8-6-2-4-7-5-3-6/h6-8H,2-5H2,1H3. The molecule has 0 aliphatic carbocycles. The van der Waals surface area contributed by atoms with Crippen molar-refractivity contribution in [3.8, 4) is 0 Å². The molecule has 1 nitrogen and oxygen atoms in total. The molecule has 2 heteroatoms. The average molecular weight is 131 g/mol. The number of hydrogen-bond donors (Lipinski definition) is 1. The van der Waals surface area contributed by atoms with Crippen molar-refractivity contribution in [1.82, 2.24) is 5.32 Å². The van der Waals surface area contributed by atoms with Crippen molar-refractivity contribution in [1.29, 1.82) is 0 Å². The van der Waals surface area contributed by atoms with E-state index in [0.717, 1.165) is 5.66 Å². The summed E-state index contributed by atoms with van der Waals surface area (Å²) in [7, 11) is 1.17. The van der Waals surface area contributed by atoms with Gasteiger partial charge in [0.2, 0.25) is 0 Å². The van der Waals surface area contributed by atoms with Crippen LogP contribution in [0, 0.1) is 0 Å². The molecule has 0 radical (unpaired) electrons. The van der Waals surface area contributed by atoms with Gasteiger partial charge in [-0.3, -0.25) is 0 Å². The topological polar surface area (TPSA) is 12.0 Å². The van der Waals surface area contributed by atoms with Gasteiger partial charge >= 0.3 is 0 Å². The molecule has 1 unspecified atom stereocenters. The lowest BCUT2D eigenvalue weighted by molar-refractivity contribution is 0.529. The number of nitrogens with one attached hydrogen (secondary N) is 1. The minimum absolute atomic E-state index is 1.05. The van der Waals surface area contributed by atoms with Crippen molar-refractivity contribution >= 4 is 8.58 Å². The highest BCUT2D eigenvalue weighted by atomic mass is 31.1. The average Bonchev–Trinajstić information content (AvgIpc) is 1.90. The first-order valence-electron chi connectivity index (χ1n) is 3.31. The Morgan fingerprint density at radius 2 is 2.00 bits per heavy atom. The van der Waals surface area contributed by atoms with Crippen LogP contribution in [-0.4, -0.2) is 25.4 Å². The Bertz CT molecular complexity index is 59.5. The van der Waals surface area contributed by atoms with Gasteiger partial charge in [-0.2, -0.15) is 0 Å². The van der Waals surface area contributed by atoms with Gasteiger partial charge < -0.3 is 5.32 Å². The van der Waals surface area contributed by atoms with E-state index in [1.54, 1.807) is 0 Å². The largest absolute Gasteiger partial charge is 0.317 e. The lowest BCUT2D eigenvalue weighted by atomic mass is 10.2. The molecule has 48 valence electrons. The lowest BCUT2D eigenvalue weighted by Crippen LogP contribution is -2.28. The monoisotopic (exact) mass is 131 g/mol. The second-order valence-corrected chi connectivity index (χ2v) is 3.71. The predicted molar refractivity (Wildman–Crippen MR) is 40.1 cm³/mol. The first-order chi connectivity index (χ1) is 3.93. The van der Waals surface area contributed by atoms with E-state index in [4.69, 9.17) is 0 Å². The molecule has 0 bridgehead atoms. The highest BCUT2D eigenvalue weighted by Crippen LogP contribution is 2.21. The summed E-state index contributed by atoms with van der Waals surface area (Å²) < 4.78 is 0. The molecule has 1 aliphatic heterocycles. The molecule has 8 heavy (non-hydrogen) atoms. The smallest absolute Gasteiger partial charge is 0.00430 e. The van der Waals surface area contributed by atoms with Crippen LogP contribution in [0.2, 0.25) is 0 Å². The first-order valence-corrected chi connectivity index (χ1v) is 4.89. The number of rotatable bonds is 1. The van der Waals surface area contributed by atoms with Crippen LogP contribution in [0.1, 0.15) is 12.8 Å². The Hall–Kier alpha value is 0.390. The van der Waals surface area contributed by atoms with E-state index in [-0.39, 0.29) is 0 Å². The summed E-state index contributed by atoms with van der Waals surface area (Å²) in [5, 5.41) is 3.35. The molecule has 0 aromatic rings. The van der Waals surface area contributed by atoms with Gasteiger partial charge in [0, 0.05) is 0 Å². The zero-order chi connectivity index (χ0) is 5.82. The third-order valence-corrected chi connectivity index (χ3v) is 3.14. The van der Waals surface area contributed by atoms with Crippen molar-refractivity contribution < 1.29 is 0 Å². The molecule has 1 saturated heterocycles. The molecule has 1 atom stereocenters. The van der Waals surface area contributed by atoms with Gasteiger partial charge in [0.05, 0.1) is 0 Å². The Kier molecular flexibility index (Phi) is 2.78. The van der Waals surface area contributed by atoms with E-state index in [2.05, 4.69) is 12.0 Å². The second-order valence-electron chi connectivity index (χ2n) is 2.31. The fourth-order valence-corrected chi connectivity index (χ4v) is 1.98. The van der Waals surface area contributed by atoms with Gasteiger partial charge in [0.25, 0.3) is 0 Å². The van der Waals surface area contributed by atoms with Crippen LogP contribution in [0.4, 0.5) is 0 Å². The molecule has 1 heterocycles. The Labute approximate surface area is 53.0 Å². The molecule has 1 aliphatic rings. The van der Waals surface area contributed by atoms with Crippen LogP contribution in [0.25, 0.3) is 0 Å². The molecule has 1 rings (SSSR count). The highest BCUT2D eigenvalue weighted by molar-refractivity contribution is 7.37. The van der Waals surface area contributed by atoms with Gasteiger partial charge in [0.15, 0.2) is 0 Å². The molecular formula is C6H14NP. The van der Waals surface area contributed by atoms with E-state index in [0.29, 0.717) is 0 Å². The molecule has 1 N–H and O–H groups in total. The Morgan fingerprint density at radius 3 is 2.38 bits per heavy atom. The maximum absolute atomic E-state index is 3.35. The van der Waals surface area contributed by atoms with Crippen molar-refractivity contribution in [3.05, 3.63) is 0 Å². The van der Waals surface area contributed by atoms with E-state index in [9.17, 15) is 0 Å². The lowest BCUT2D eigenvalue weighted by Gasteiger charge is -2.20. The normalized spacial score (nSPS) is 25.1. The van der Waals surface area contributed by atoms with Crippen LogP contribution < -0.4 is 5.32 Å². The summed E-state index contributed by atoms with van der Waals surface area (Å²) in [5.74, 6) is 0. The number of hydrogen-bond acceptors (Lipinski definition) is 1. The minimum Gasteiger partial charge on any atom is -0.317 e. The van der Waals surface area contributed by atoms with Crippen LogP contribution in [0.3, 0.4) is 0 Å². The van der Waals surface area contributed by atoms with Gasteiger partial charge in [-0.05, 0) is 38.3 Å². The first kappa shape index (κ1) is 6.51. The second kappa shape index (κ2) is 3.42. The van der Waals surface area contributed by atoms with E-state index < -0.39 is 0 Å². The van der Waals surface area contributed by atoms with Crippen LogP contribution in [-0.2, 0) is 0 Å². The van der Waals surface area contributed by atoms with Gasteiger partial charge in [-0.25, -0.2) is 0 Å². The third-order valence-electron chi connectivity index (χ3n) is 1.75. The Balaban J connectivity index is 2.13. The van der Waals surface area contributed by atoms with Gasteiger partial charge in [-0.15, -0.1) is 8.58 Å². The summed E-state index contributed by atoms with van der Waals surface area (Å²) in [5.41, 5.74) is 1.05. The predicted octanol–water partition coefficient (Wildman–Crippen LogP) is 1.05. The fraction of sp³-hybridized carbons (Fsp3) is 1.00. The molecule has 0 aromatic heterocycles. The maximum atomic E-state index is 3.35. The minimum atomic E-state index is 1.05. The fourth-order valence-electron chi connectivity index (χ4n) is 1.11. The van der Waals surface area contributed by atoms with Crippen molar-refractivity contribution in [2.45, 2.75) is 18.5 Å². The van der Waals surface area contributed by atoms with Crippen LogP contribution >= 0.6 is 8.58 Å². The van der Waals surface area contributed by atoms with Crippen molar-refractivity contribution in [2.75, 3.05) is 19.8 Å². The quantitative estimate of drug-likeness (QED) is 0.524. The van der Waals surface area contributed by atoms with Crippen molar-refractivity contribution in [2.24, 2.45) is 0 Å². The summed E-state index contributed by atoms with van der Waals surface area (Å²) in [6, 6.07) is 0. The van der Waals surface area contributed by atoms with E-state index >= 15 is 0 Å². The third kappa shape index (κ3) is 1.72. The molecular weight excluding hydrogens is 117 g/mol. The molecule has 0 aromatic carbocycles. The molecule has 0 spiro atoms. The van der Waals surface area contributed by atoms with Gasteiger partial charge in [0.1, 0.15) is 0 Å². The summed E-state index contributed by atoms with van der Waals surface area (Å²) in [4.78, 5) is 0. The maximum Gasteiger partial charge on any atom is -0.00430 e. The molecule has 1 fully saturated rings. The Morgan fingerprint density at radius 1 is 1.38 bits per heavy atom. The summed E-state index contributed by atoms with van der Waals surface area (Å²) in [6.45, 7) is 4.83. The summed E-state index contributed by atoms with van der Waals surface area (Å²) in [6.07, 6.45) is 2.82. The zero-order valence-corrected chi connectivity index (χ0v) is 6.41. The molecule has 0 amide bonds. The van der Waals surface area contributed by atoms with Crippen molar-refractivity contribution in [3.63, 3.8) is 0 Å². The van der Waals surface area contributed by atoms with Crippen LogP contribution in [0.5, 0.6) is 0 Å². The molecule has 0 saturated carbocycles. The summed E-state index contributed by atoms with van der Waals surface area (Å²) >= 11 is 0. The van der Waals surface area contributed by atoms with Crippen LogP contribution in [0.15, 0.2) is 0 Å². The van der Waals surface area contributed by atoms with Gasteiger partial charge in [-0.1, -0.05) is 0 Å². The SMILES string of the molecule is CPC1CCNCC1. The zero-order valence-electron chi connectivity index (χ0n) is 5.41. The number of piperidine rings is 1. The van der Waals surface area contributed by atoms with E-state index in [1.165, 1.54) is 34.5 Å². The highest BCUT2D eigenvalue weighted by Gasteiger charge is 2.08. The van der Waals surface area contributed by atoms with E-state index in [1.807, 2.05) is 0 Å².